The molecule has 142 valence electrons. The molecule has 1 heterocycles. The first-order chi connectivity index (χ1) is 13.1. The number of anilines is 1. The largest absolute Gasteiger partial charge is 0.394 e. The van der Waals surface area contributed by atoms with E-state index in [0.717, 1.165) is 12.0 Å². The molecule has 1 amide bonds. The minimum absolute atomic E-state index is 0.000179. The van der Waals surface area contributed by atoms with Gasteiger partial charge in [-0.2, -0.15) is 0 Å². The number of nitro benzene ring substituents is 1. The third kappa shape index (κ3) is 4.43. The average Bonchev–Trinajstić information content (AvgIpc) is 3.18. The predicted octanol–water partition coefficient (Wildman–Crippen LogP) is 2.28. The van der Waals surface area contributed by atoms with E-state index in [9.17, 15) is 20.0 Å². The van der Waals surface area contributed by atoms with Crippen LogP contribution in [0.3, 0.4) is 0 Å². The van der Waals surface area contributed by atoms with Gasteiger partial charge in [-0.15, -0.1) is 0 Å². The van der Waals surface area contributed by atoms with E-state index in [4.69, 9.17) is 0 Å². The number of benzene rings is 2. The molecule has 2 aromatic carbocycles. The third-order valence-corrected chi connectivity index (χ3v) is 4.84. The number of nitrogens with one attached hydrogen (secondary N) is 1. The number of rotatable bonds is 7. The smallest absolute Gasteiger partial charge is 0.292 e. The van der Waals surface area contributed by atoms with E-state index in [1.54, 1.807) is 23.1 Å². The Hall–Kier alpha value is -2.93. The zero-order valence-electron chi connectivity index (χ0n) is 15.0. The Labute approximate surface area is 157 Å². The summed E-state index contributed by atoms with van der Waals surface area (Å²) < 4.78 is 0. The minimum atomic E-state index is -0.476. The van der Waals surface area contributed by atoms with Crippen LogP contribution in [0.2, 0.25) is 0 Å². The van der Waals surface area contributed by atoms with Crippen molar-refractivity contribution in [2.45, 2.75) is 31.3 Å². The van der Waals surface area contributed by atoms with Gasteiger partial charge in [-0.05, 0) is 30.9 Å². The third-order valence-electron chi connectivity index (χ3n) is 4.84. The Morgan fingerprint density at radius 2 is 1.93 bits per heavy atom. The summed E-state index contributed by atoms with van der Waals surface area (Å²) in [4.78, 5) is 25.5. The summed E-state index contributed by atoms with van der Waals surface area (Å²) in [5.74, 6) is -0.208. The van der Waals surface area contributed by atoms with Gasteiger partial charge in [0.25, 0.3) is 5.69 Å². The number of hydrogen-bond donors (Lipinski definition) is 2. The molecule has 2 N–H and O–H groups in total. The first kappa shape index (κ1) is 18.8. The van der Waals surface area contributed by atoms with E-state index in [1.807, 2.05) is 30.3 Å². The summed E-state index contributed by atoms with van der Waals surface area (Å²) in [6, 6.07) is 15.3. The van der Waals surface area contributed by atoms with Crippen molar-refractivity contribution in [2.24, 2.45) is 0 Å². The second kappa shape index (κ2) is 8.64. The Balaban J connectivity index is 1.73. The van der Waals surface area contributed by atoms with E-state index in [1.165, 1.54) is 6.07 Å². The number of amides is 1. The van der Waals surface area contributed by atoms with E-state index >= 15 is 0 Å². The number of hydrogen-bond acceptors (Lipinski definition) is 5. The Morgan fingerprint density at radius 1 is 1.22 bits per heavy atom. The fraction of sp³-hybridized carbons (Fsp3) is 0.350. The van der Waals surface area contributed by atoms with E-state index in [-0.39, 0.29) is 18.2 Å². The first-order valence-electron chi connectivity index (χ1n) is 9.05. The number of aliphatic hydroxyl groups is 1. The summed E-state index contributed by atoms with van der Waals surface area (Å²) in [6.07, 6.45) is 1.94. The molecule has 1 saturated heterocycles. The zero-order chi connectivity index (χ0) is 19.2. The topological polar surface area (TPSA) is 95.7 Å². The average molecular weight is 369 g/mol. The summed E-state index contributed by atoms with van der Waals surface area (Å²) in [7, 11) is 0. The van der Waals surface area contributed by atoms with Crippen LogP contribution in [-0.4, -0.2) is 41.2 Å². The maximum Gasteiger partial charge on any atom is 0.292 e. The van der Waals surface area contributed by atoms with Crippen LogP contribution in [0.4, 0.5) is 11.4 Å². The van der Waals surface area contributed by atoms with Crippen molar-refractivity contribution in [1.82, 2.24) is 5.32 Å². The zero-order valence-corrected chi connectivity index (χ0v) is 15.0. The lowest BCUT2D eigenvalue weighted by Crippen LogP contribution is -2.49. The summed E-state index contributed by atoms with van der Waals surface area (Å²) in [6.45, 7) is 0.421. The maximum absolute atomic E-state index is 12.8. The number of nitrogens with zero attached hydrogens (tertiary/aromatic N) is 2. The first-order valence-corrected chi connectivity index (χ1v) is 9.05. The quantitative estimate of drug-likeness (QED) is 0.577. The molecule has 7 nitrogen and oxygen atoms in total. The van der Waals surface area contributed by atoms with E-state index in [0.29, 0.717) is 25.1 Å². The molecule has 7 heteroatoms. The second-order valence-electron chi connectivity index (χ2n) is 6.68. The molecule has 1 aliphatic heterocycles. The molecule has 0 aliphatic carbocycles. The predicted molar refractivity (Wildman–Crippen MR) is 103 cm³/mol. The highest BCUT2D eigenvalue weighted by atomic mass is 16.6. The molecule has 0 spiro atoms. The highest BCUT2D eigenvalue weighted by molar-refractivity contribution is 5.87. The van der Waals surface area contributed by atoms with E-state index in [2.05, 4.69) is 5.32 Å². The van der Waals surface area contributed by atoms with Crippen molar-refractivity contribution >= 4 is 17.3 Å². The molecule has 2 aromatic rings. The Bertz CT molecular complexity index is 797. The fourth-order valence-corrected chi connectivity index (χ4v) is 3.55. The van der Waals surface area contributed by atoms with Crippen LogP contribution in [0.25, 0.3) is 0 Å². The van der Waals surface area contributed by atoms with Crippen molar-refractivity contribution in [3.05, 3.63) is 70.3 Å². The van der Waals surface area contributed by atoms with E-state index < -0.39 is 17.0 Å². The number of carbonyl (C=O) groups excluding carboxylic acids is 1. The van der Waals surface area contributed by atoms with Gasteiger partial charge >= 0.3 is 0 Å². The van der Waals surface area contributed by atoms with Gasteiger partial charge in [0.15, 0.2) is 0 Å². The standard InChI is InChI=1S/C20H23N3O4/c24-14-16(13-15-7-2-1-3-8-15)21-20(25)19-11-6-12-22(19)17-9-4-5-10-18(17)23(26)27/h1-5,7-10,16,19,24H,6,11-14H2,(H,21,25)/t16-,19-/m0/s1. The number of aliphatic hydroxyl groups excluding tert-OH is 1. The lowest BCUT2D eigenvalue weighted by molar-refractivity contribution is -0.384. The molecule has 27 heavy (non-hydrogen) atoms. The lowest BCUT2D eigenvalue weighted by Gasteiger charge is -2.27. The SMILES string of the molecule is O=C(N[C@H](CO)Cc1ccccc1)[C@@H]1CCCN1c1ccccc1[N+](=O)[O-]. The molecule has 1 fully saturated rings. The summed E-state index contributed by atoms with van der Waals surface area (Å²) in [5.41, 5.74) is 1.49. The summed E-state index contributed by atoms with van der Waals surface area (Å²) in [5, 5.41) is 23.9. The van der Waals surface area contributed by atoms with Crippen LogP contribution >= 0.6 is 0 Å². The lowest BCUT2D eigenvalue weighted by atomic mass is 10.1. The second-order valence-corrected chi connectivity index (χ2v) is 6.68. The minimum Gasteiger partial charge on any atom is -0.394 e. The van der Waals surface area contributed by atoms with Crippen LogP contribution in [0, 0.1) is 10.1 Å². The molecule has 0 aromatic heterocycles. The monoisotopic (exact) mass is 369 g/mol. The van der Waals surface area contributed by atoms with Gasteiger partial charge in [0.05, 0.1) is 17.6 Å². The maximum atomic E-state index is 12.8. The fourth-order valence-electron chi connectivity index (χ4n) is 3.55. The van der Waals surface area contributed by atoms with Crippen LogP contribution in [-0.2, 0) is 11.2 Å². The van der Waals surface area contributed by atoms with Gasteiger partial charge in [0.1, 0.15) is 11.7 Å². The normalized spacial score (nSPS) is 17.5. The molecular weight excluding hydrogens is 346 g/mol. The molecule has 2 atom stereocenters. The van der Waals surface area contributed by atoms with Crippen LogP contribution < -0.4 is 10.2 Å². The molecule has 3 rings (SSSR count). The van der Waals surface area contributed by atoms with Crippen LogP contribution in [0.1, 0.15) is 18.4 Å². The van der Waals surface area contributed by atoms with Gasteiger partial charge in [-0.3, -0.25) is 14.9 Å². The van der Waals surface area contributed by atoms with Crippen molar-refractivity contribution in [2.75, 3.05) is 18.1 Å². The molecule has 1 aliphatic rings. The molecule has 0 bridgehead atoms. The molecule has 0 radical (unpaired) electrons. The van der Waals surface area contributed by atoms with Gasteiger partial charge < -0.3 is 15.3 Å². The van der Waals surface area contributed by atoms with Crippen molar-refractivity contribution in [3.8, 4) is 0 Å². The number of nitro groups is 1. The van der Waals surface area contributed by atoms with Gasteiger partial charge in [-0.1, -0.05) is 42.5 Å². The van der Waals surface area contributed by atoms with Crippen LogP contribution in [0.15, 0.2) is 54.6 Å². The number of carbonyl (C=O) groups is 1. The van der Waals surface area contributed by atoms with Crippen molar-refractivity contribution in [1.29, 1.82) is 0 Å². The number of para-hydroxylation sites is 2. The van der Waals surface area contributed by atoms with Crippen molar-refractivity contribution < 1.29 is 14.8 Å². The van der Waals surface area contributed by atoms with Crippen molar-refractivity contribution in [3.63, 3.8) is 0 Å². The van der Waals surface area contributed by atoms with Crippen LogP contribution in [0.5, 0.6) is 0 Å². The molecular formula is C20H23N3O4. The molecule has 0 saturated carbocycles. The summed E-state index contributed by atoms with van der Waals surface area (Å²) >= 11 is 0. The van der Waals surface area contributed by atoms with Gasteiger partial charge in [0, 0.05) is 12.6 Å². The van der Waals surface area contributed by atoms with Gasteiger partial charge in [-0.25, -0.2) is 0 Å². The molecule has 0 unspecified atom stereocenters. The Kier molecular flexibility index (Phi) is 6.03. The Morgan fingerprint density at radius 3 is 2.63 bits per heavy atom. The highest BCUT2D eigenvalue weighted by Gasteiger charge is 2.34. The highest BCUT2D eigenvalue weighted by Crippen LogP contribution is 2.33. The van der Waals surface area contributed by atoms with Gasteiger partial charge in [0.2, 0.25) is 5.91 Å².